The van der Waals surface area contributed by atoms with Crippen molar-refractivity contribution < 1.29 is 26.6 Å². The normalized spacial score (nSPS) is 8.00. The molecule has 0 heterocycles. The Morgan fingerprint density at radius 3 is 2.24 bits per heavy atom. The number of carbonyl (C=O) groups is 1. The first-order valence-electron chi connectivity index (χ1n) is 4.69. The van der Waals surface area contributed by atoms with Crippen molar-refractivity contribution in [3.63, 3.8) is 0 Å². The predicted molar refractivity (Wildman–Crippen MR) is 60.1 cm³/mol. The molecule has 3 nitrogen and oxygen atoms in total. The van der Waals surface area contributed by atoms with Crippen molar-refractivity contribution in [2.24, 2.45) is 0 Å². The zero-order valence-electron chi connectivity index (χ0n) is 9.24. The van der Waals surface area contributed by atoms with Crippen LogP contribution in [0, 0.1) is 11.3 Å². The second-order valence-electron chi connectivity index (χ2n) is 2.95. The number of methoxy groups -OCH3 is 1. The van der Waals surface area contributed by atoms with E-state index in [4.69, 9.17) is 5.26 Å². The zero-order chi connectivity index (χ0) is 11.8. The zero-order valence-corrected chi connectivity index (χ0v) is 10.3. The van der Waals surface area contributed by atoms with Gasteiger partial charge in [-0.3, -0.25) is 4.79 Å². The Morgan fingerprint density at radius 1 is 1.35 bits per heavy atom. The maximum atomic E-state index is 10.8. The Hall–Kier alpha value is -1.82. The molecule has 17 heavy (non-hydrogen) atoms. The van der Waals surface area contributed by atoms with Gasteiger partial charge in [-0.15, -0.1) is 0 Å². The van der Waals surface area contributed by atoms with Crippen LogP contribution in [0.15, 0.2) is 48.5 Å². The van der Waals surface area contributed by atoms with E-state index in [1.54, 1.807) is 12.1 Å². The predicted octanol–water partition coefficient (Wildman–Crippen LogP) is 2.47. The molecule has 0 spiro atoms. The fourth-order valence-electron chi connectivity index (χ4n) is 1.08. The summed E-state index contributed by atoms with van der Waals surface area (Å²) in [7, 11) is 1.31. The van der Waals surface area contributed by atoms with E-state index in [1.165, 1.54) is 13.2 Å². The van der Waals surface area contributed by atoms with Crippen LogP contribution in [0.1, 0.15) is 15.9 Å². The summed E-state index contributed by atoms with van der Waals surface area (Å²) in [5, 5.41) is 8.40. The molecule has 2 rings (SSSR count). The number of esters is 1. The molecule has 0 aliphatic rings. The maximum Gasteiger partial charge on any atom is 0.280 e. The van der Waals surface area contributed by atoms with E-state index < -0.39 is 5.97 Å². The summed E-state index contributed by atoms with van der Waals surface area (Å²) in [6.07, 6.45) is 0. The van der Waals surface area contributed by atoms with Crippen molar-refractivity contribution in [2.45, 2.75) is 0 Å². The second kappa shape index (κ2) is 8.35. The number of nitrogens with zero attached hydrogens (tertiary/aromatic N) is 1. The molecular formula is C13H11FeNO2-6. The standard InChI is InChI=1S/C8H6NO2.C5H5.Fe/c1-11-8(10)7-3-2-6(4-7)5-9;1-2-4-5-3-1;/h2-4H,1H3;1-5H;/q-1;-5;. The first-order chi connectivity index (χ1) is 7.77. The van der Waals surface area contributed by atoms with Crippen LogP contribution in [-0.2, 0) is 21.8 Å². The van der Waals surface area contributed by atoms with E-state index in [-0.39, 0.29) is 17.1 Å². The largest absolute Gasteiger partial charge is 0.748 e. The topological polar surface area (TPSA) is 50.1 Å². The Bertz CT molecular complexity index is 449. The van der Waals surface area contributed by atoms with Gasteiger partial charge in [0.25, 0.3) is 5.97 Å². The van der Waals surface area contributed by atoms with Gasteiger partial charge in [0.1, 0.15) is 0 Å². The van der Waals surface area contributed by atoms with Crippen LogP contribution < -0.4 is 0 Å². The van der Waals surface area contributed by atoms with Crippen LogP contribution in [-0.4, -0.2) is 13.1 Å². The van der Waals surface area contributed by atoms with Gasteiger partial charge in [0, 0.05) is 23.1 Å². The smallest absolute Gasteiger partial charge is 0.280 e. The van der Waals surface area contributed by atoms with Crippen LogP contribution in [0.5, 0.6) is 0 Å². The summed E-state index contributed by atoms with van der Waals surface area (Å²) in [6, 6.07) is 16.5. The van der Waals surface area contributed by atoms with Crippen molar-refractivity contribution in [1.29, 1.82) is 5.26 Å². The van der Waals surface area contributed by atoms with Gasteiger partial charge in [0.05, 0.1) is 7.11 Å². The van der Waals surface area contributed by atoms with Gasteiger partial charge in [-0.05, 0) is 0 Å². The molecule has 0 fully saturated rings. The third-order valence-corrected chi connectivity index (χ3v) is 1.86. The van der Waals surface area contributed by atoms with E-state index in [9.17, 15) is 4.79 Å². The molecular weight excluding hydrogens is 258 g/mol. The fraction of sp³-hybridized carbons (Fsp3) is 0.0769. The molecule has 0 saturated heterocycles. The van der Waals surface area contributed by atoms with E-state index in [0.717, 1.165) is 0 Å². The number of ether oxygens (including phenoxy) is 1. The van der Waals surface area contributed by atoms with Gasteiger partial charge in [0.2, 0.25) is 0 Å². The molecule has 4 heteroatoms. The molecule has 0 aliphatic heterocycles. The summed E-state index contributed by atoms with van der Waals surface area (Å²) in [4.78, 5) is 10.8. The molecule has 2 aromatic carbocycles. The summed E-state index contributed by atoms with van der Waals surface area (Å²) in [5.41, 5.74) is 0.898. The number of nitriles is 1. The average Bonchev–Trinajstić information content (AvgIpc) is 3.01. The maximum absolute atomic E-state index is 10.8. The van der Waals surface area contributed by atoms with Crippen LogP contribution in [0.3, 0.4) is 0 Å². The minimum atomic E-state index is -0.411. The third-order valence-electron chi connectivity index (χ3n) is 1.86. The van der Waals surface area contributed by atoms with Crippen molar-refractivity contribution in [3.8, 4) is 6.07 Å². The molecule has 0 radical (unpaired) electrons. The van der Waals surface area contributed by atoms with Gasteiger partial charge >= 0.3 is 0 Å². The first kappa shape index (κ1) is 15.2. The van der Waals surface area contributed by atoms with Gasteiger partial charge in [0.15, 0.2) is 0 Å². The fourth-order valence-corrected chi connectivity index (χ4v) is 1.08. The third kappa shape index (κ3) is 5.17. The summed E-state index contributed by atoms with van der Waals surface area (Å²) < 4.78 is 4.45. The molecule has 0 saturated carbocycles. The van der Waals surface area contributed by atoms with E-state index >= 15 is 0 Å². The second-order valence-corrected chi connectivity index (χ2v) is 2.95. The van der Waals surface area contributed by atoms with Crippen molar-refractivity contribution in [1.82, 2.24) is 0 Å². The number of rotatable bonds is 1. The van der Waals surface area contributed by atoms with Gasteiger partial charge in [-0.25, -0.2) is 5.26 Å². The van der Waals surface area contributed by atoms with Crippen LogP contribution >= 0.6 is 0 Å². The Balaban J connectivity index is 0.000000360. The average molecular weight is 269 g/mol. The molecule has 0 aliphatic carbocycles. The van der Waals surface area contributed by atoms with E-state index in [2.05, 4.69) is 4.74 Å². The Labute approximate surface area is 111 Å². The SMILES string of the molecule is COC(=O)[c-]1ccc(C#N)c1.[Fe].[cH-]1[cH-][cH-][cH-][cH-]1. The number of hydrogen-bond donors (Lipinski definition) is 0. The quantitative estimate of drug-likeness (QED) is 0.454. The van der Waals surface area contributed by atoms with Crippen LogP contribution in [0.25, 0.3) is 0 Å². The Kier molecular flexibility index (Phi) is 7.45. The molecule has 0 unspecified atom stereocenters. The number of carbonyl (C=O) groups excluding carboxylic acids is 1. The first-order valence-corrected chi connectivity index (χ1v) is 4.69. The summed E-state index contributed by atoms with van der Waals surface area (Å²) in [6.45, 7) is 0. The van der Waals surface area contributed by atoms with Crippen LogP contribution in [0.4, 0.5) is 0 Å². The molecule has 0 N–H and O–H groups in total. The molecule has 94 valence electrons. The van der Waals surface area contributed by atoms with Gasteiger partial charge < -0.3 is 35.1 Å². The molecule has 2 aromatic rings. The molecule has 0 bridgehead atoms. The molecule has 0 atom stereocenters. The number of hydrogen-bond acceptors (Lipinski definition) is 3. The molecule has 0 aromatic heterocycles. The summed E-state index contributed by atoms with van der Waals surface area (Å²) in [5.74, 6) is -0.411. The minimum Gasteiger partial charge on any atom is -0.748 e. The monoisotopic (exact) mass is 269 g/mol. The Morgan fingerprint density at radius 2 is 1.88 bits per heavy atom. The van der Waals surface area contributed by atoms with E-state index in [0.29, 0.717) is 11.1 Å². The van der Waals surface area contributed by atoms with Gasteiger partial charge in [-0.2, -0.15) is 18.2 Å². The van der Waals surface area contributed by atoms with Gasteiger partial charge in [-0.1, -0.05) is 11.1 Å². The van der Waals surface area contributed by atoms with Crippen LogP contribution in [0.2, 0.25) is 0 Å². The van der Waals surface area contributed by atoms with Crippen molar-refractivity contribution in [2.75, 3.05) is 7.11 Å². The minimum absolute atomic E-state index is 0. The van der Waals surface area contributed by atoms with Crippen molar-refractivity contribution >= 4 is 5.97 Å². The van der Waals surface area contributed by atoms with E-state index in [1.807, 2.05) is 36.4 Å². The molecule has 0 amide bonds. The summed E-state index contributed by atoms with van der Waals surface area (Å²) >= 11 is 0. The van der Waals surface area contributed by atoms with Crippen molar-refractivity contribution in [3.05, 3.63) is 59.7 Å².